The lowest BCUT2D eigenvalue weighted by molar-refractivity contribution is -0.119. The predicted octanol–water partition coefficient (Wildman–Crippen LogP) is 2.31. The van der Waals surface area contributed by atoms with Crippen molar-refractivity contribution in [1.82, 2.24) is 20.2 Å². The highest BCUT2D eigenvalue weighted by atomic mass is 16.1. The molecule has 0 bridgehead atoms. The number of hydrogen-bond acceptors (Lipinski definition) is 4. The molecule has 1 aromatic rings. The fourth-order valence-corrected chi connectivity index (χ4v) is 3.06. The van der Waals surface area contributed by atoms with E-state index in [9.17, 15) is 4.79 Å². The molecule has 0 aliphatic carbocycles. The van der Waals surface area contributed by atoms with E-state index in [4.69, 9.17) is 0 Å². The van der Waals surface area contributed by atoms with Crippen LogP contribution in [0.5, 0.6) is 0 Å². The number of carbonyl (C=O) groups is 1. The lowest BCUT2D eigenvalue weighted by Gasteiger charge is -2.35. The van der Waals surface area contributed by atoms with Gasteiger partial charge in [0, 0.05) is 50.4 Å². The molecule has 1 aromatic heterocycles. The Morgan fingerprint density at radius 3 is 2.82 bits per heavy atom. The lowest BCUT2D eigenvalue weighted by atomic mass is 9.99. The van der Waals surface area contributed by atoms with Crippen molar-refractivity contribution in [2.75, 3.05) is 13.1 Å². The van der Waals surface area contributed by atoms with E-state index >= 15 is 0 Å². The Hall–Kier alpha value is -1.49. The first-order valence-electron chi connectivity index (χ1n) is 8.47. The van der Waals surface area contributed by atoms with Crippen LogP contribution in [-0.4, -0.2) is 39.9 Å². The van der Waals surface area contributed by atoms with E-state index in [1.165, 1.54) is 24.8 Å². The molecular formula is C17H28N4O. The molecule has 22 heavy (non-hydrogen) atoms. The summed E-state index contributed by atoms with van der Waals surface area (Å²) < 4.78 is 0. The van der Waals surface area contributed by atoms with Gasteiger partial charge in [0.2, 0.25) is 5.91 Å². The number of carbonyl (C=O) groups excluding carboxylic acids is 1. The molecule has 0 saturated carbocycles. The number of piperidine rings is 1. The summed E-state index contributed by atoms with van der Waals surface area (Å²) in [4.78, 5) is 22.4. The molecule has 1 fully saturated rings. The molecule has 2 heterocycles. The molecule has 1 amide bonds. The maximum Gasteiger partial charge on any atom is 0.216 e. The maximum absolute atomic E-state index is 11.0. The highest BCUT2D eigenvalue weighted by Crippen LogP contribution is 2.21. The van der Waals surface area contributed by atoms with Gasteiger partial charge < -0.3 is 5.32 Å². The van der Waals surface area contributed by atoms with Crippen LogP contribution >= 0.6 is 0 Å². The van der Waals surface area contributed by atoms with Gasteiger partial charge in [-0.3, -0.25) is 9.69 Å². The van der Waals surface area contributed by atoms with Gasteiger partial charge >= 0.3 is 0 Å². The Morgan fingerprint density at radius 1 is 1.36 bits per heavy atom. The molecular weight excluding hydrogens is 276 g/mol. The van der Waals surface area contributed by atoms with E-state index in [-0.39, 0.29) is 5.91 Å². The first kappa shape index (κ1) is 16.9. The second-order valence-corrected chi connectivity index (χ2v) is 6.15. The largest absolute Gasteiger partial charge is 0.356 e. The van der Waals surface area contributed by atoms with Crippen molar-refractivity contribution in [3.05, 3.63) is 23.8 Å². The first-order valence-corrected chi connectivity index (χ1v) is 8.47. The molecule has 1 atom stereocenters. The van der Waals surface area contributed by atoms with Gasteiger partial charge in [-0.25, -0.2) is 9.97 Å². The normalized spacial score (nSPS) is 19.1. The molecule has 5 heteroatoms. The molecule has 1 unspecified atom stereocenters. The summed E-state index contributed by atoms with van der Waals surface area (Å²) in [6.07, 6.45) is 10.7. The van der Waals surface area contributed by atoms with Crippen molar-refractivity contribution in [3.8, 4) is 0 Å². The van der Waals surface area contributed by atoms with Crippen LogP contribution in [0.3, 0.4) is 0 Å². The Morgan fingerprint density at radius 2 is 2.14 bits per heavy atom. The topological polar surface area (TPSA) is 58.1 Å². The van der Waals surface area contributed by atoms with Gasteiger partial charge in [-0.15, -0.1) is 0 Å². The summed E-state index contributed by atoms with van der Waals surface area (Å²) in [6, 6.07) is 0.552. The van der Waals surface area contributed by atoms with Crippen LogP contribution in [0.1, 0.15) is 57.3 Å². The van der Waals surface area contributed by atoms with Crippen LogP contribution in [-0.2, 0) is 17.8 Å². The number of aromatic nitrogens is 2. The second kappa shape index (κ2) is 8.83. The smallest absolute Gasteiger partial charge is 0.216 e. The minimum Gasteiger partial charge on any atom is -0.356 e. The van der Waals surface area contributed by atoms with Gasteiger partial charge in [-0.1, -0.05) is 13.3 Å². The van der Waals surface area contributed by atoms with Crippen LogP contribution in [0, 0.1) is 0 Å². The van der Waals surface area contributed by atoms with E-state index in [2.05, 4.69) is 27.1 Å². The van der Waals surface area contributed by atoms with E-state index < -0.39 is 0 Å². The summed E-state index contributed by atoms with van der Waals surface area (Å²) in [5.41, 5.74) is 1.19. The highest BCUT2D eigenvalue weighted by molar-refractivity contribution is 5.72. The van der Waals surface area contributed by atoms with Crippen molar-refractivity contribution in [2.24, 2.45) is 0 Å². The molecule has 0 spiro atoms. The molecule has 1 N–H and O–H groups in total. The number of hydrogen-bond donors (Lipinski definition) is 1. The minimum atomic E-state index is 0.0577. The third kappa shape index (κ3) is 5.37. The van der Waals surface area contributed by atoms with Crippen molar-refractivity contribution < 1.29 is 4.79 Å². The summed E-state index contributed by atoms with van der Waals surface area (Å²) in [7, 11) is 0. The zero-order valence-electron chi connectivity index (χ0n) is 13.8. The summed E-state index contributed by atoms with van der Waals surface area (Å²) >= 11 is 0. The zero-order chi connectivity index (χ0) is 15.8. The number of aryl methyl sites for hydroxylation is 1. The van der Waals surface area contributed by atoms with Gasteiger partial charge in [0.05, 0.1) is 0 Å². The van der Waals surface area contributed by atoms with Crippen molar-refractivity contribution in [3.63, 3.8) is 0 Å². The van der Waals surface area contributed by atoms with E-state index in [1.807, 2.05) is 12.4 Å². The quantitative estimate of drug-likeness (QED) is 0.840. The third-order valence-electron chi connectivity index (χ3n) is 4.22. The maximum atomic E-state index is 11.0. The third-order valence-corrected chi connectivity index (χ3v) is 4.22. The fourth-order valence-electron chi connectivity index (χ4n) is 3.06. The first-order chi connectivity index (χ1) is 10.7. The Kier molecular flexibility index (Phi) is 6.77. The average Bonchev–Trinajstić information content (AvgIpc) is 2.51. The molecule has 2 rings (SSSR count). The fraction of sp³-hybridized carbons (Fsp3) is 0.706. The number of rotatable bonds is 7. The SMILES string of the molecule is CCCc1ncc(CN2CCCCC2CCNC(C)=O)cn1. The summed E-state index contributed by atoms with van der Waals surface area (Å²) in [5, 5.41) is 2.91. The zero-order valence-corrected chi connectivity index (χ0v) is 13.8. The molecule has 0 radical (unpaired) electrons. The highest BCUT2D eigenvalue weighted by Gasteiger charge is 2.22. The molecule has 122 valence electrons. The second-order valence-electron chi connectivity index (χ2n) is 6.15. The van der Waals surface area contributed by atoms with Crippen LogP contribution in [0.2, 0.25) is 0 Å². The van der Waals surface area contributed by atoms with Gasteiger partial charge in [0.1, 0.15) is 5.82 Å². The van der Waals surface area contributed by atoms with Crippen molar-refractivity contribution in [2.45, 2.75) is 65.0 Å². The van der Waals surface area contributed by atoms with Crippen molar-refractivity contribution >= 4 is 5.91 Å². The summed E-state index contributed by atoms with van der Waals surface area (Å²) in [6.45, 7) is 6.53. The Labute approximate surface area is 133 Å². The Bertz CT molecular complexity index is 460. The van der Waals surface area contributed by atoms with Crippen LogP contribution in [0.15, 0.2) is 12.4 Å². The predicted molar refractivity (Wildman–Crippen MR) is 87.4 cm³/mol. The molecule has 5 nitrogen and oxygen atoms in total. The van der Waals surface area contributed by atoms with Crippen LogP contribution in [0.4, 0.5) is 0 Å². The minimum absolute atomic E-state index is 0.0577. The van der Waals surface area contributed by atoms with Crippen LogP contribution in [0.25, 0.3) is 0 Å². The monoisotopic (exact) mass is 304 g/mol. The van der Waals surface area contributed by atoms with Gasteiger partial charge in [-0.2, -0.15) is 0 Å². The van der Waals surface area contributed by atoms with Gasteiger partial charge in [0.25, 0.3) is 0 Å². The summed E-state index contributed by atoms with van der Waals surface area (Å²) in [5.74, 6) is 0.995. The number of nitrogens with one attached hydrogen (secondary N) is 1. The van der Waals surface area contributed by atoms with E-state index in [1.54, 1.807) is 6.92 Å². The van der Waals surface area contributed by atoms with Crippen LogP contribution < -0.4 is 5.32 Å². The van der Waals surface area contributed by atoms with Gasteiger partial charge in [0.15, 0.2) is 0 Å². The number of amides is 1. The molecule has 1 aliphatic heterocycles. The average molecular weight is 304 g/mol. The van der Waals surface area contributed by atoms with Crippen molar-refractivity contribution in [1.29, 1.82) is 0 Å². The number of likely N-dealkylation sites (tertiary alicyclic amines) is 1. The Balaban J connectivity index is 1.88. The number of nitrogens with zero attached hydrogens (tertiary/aromatic N) is 3. The molecule has 0 aromatic carbocycles. The molecule has 1 aliphatic rings. The van der Waals surface area contributed by atoms with Gasteiger partial charge in [-0.05, 0) is 32.2 Å². The van der Waals surface area contributed by atoms with E-state index in [0.717, 1.165) is 44.7 Å². The standard InChI is InChI=1S/C17H28N4O/c1-3-6-17-19-11-15(12-20-17)13-21-10-5-4-7-16(21)8-9-18-14(2)22/h11-12,16H,3-10,13H2,1-2H3,(H,18,22). The lowest BCUT2D eigenvalue weighted by Crippen LogP contribution is -2.41. The van der Waals surface area contributed by atoms with E-state index in [0.29, 0.717) is 6.04 Å². The molecule has 1 saturated heterocycles.